The van der Waals surface area contributed by atoms with Gasteiger partial charge in [-0.3, -0.25) is 0 Å². The molecule has 19 heavy (non-hydrogen) atoms. The fourth-order valence-electron chi connectivity index (χ4n) is 1.83. The maximum Gasteiger partial charge on any atom is 0.0460 e. The Bertz CT molecular complexity index is 518. The summed E-state index contributed by atoms with van der Waals surface area (Å²) in [6.07, 6.45) is 12.2. The average Bonchev–Trinajstić information content (AvgIpc) is 2.45. The molecular weight excluding hydrogens is 230 g/mol. The molecule has 0 unspecified atom stereocenters. The molecule has 0 aliphatic carbocycles. The van der Waals surface area contributed by atoms with Crippen molar-refractivity contribution in [2.24, 2.45) is 0 Å². The van der Waals surface area contributed by atoms with Gasteiger partial charge in [0.15, 0.2) is 0 Å². The van der Waals surface area contributed by atoms with Crippen LogP contribution in [0.4, 0.5) is 5.69 Å². The zero-order chi connectivity index (χ0) is 14.1. The lowest BCUT2D eigenvalue weighted by atomic mass is 10.0. The first kappa shape index (κ1) is 14.8. The molecule has 0 fully saturated rings. The Hall–Kier alpha value is -2.28. The third-order valence-corrected chi connectivity index (χ3v) is 2.77. The summed E-state index contributed by atoms with van der Waals surface area (Å²) in [5.41, 5.74) is 4.47. The number of aryl methyl sites for hydroxylation is 1. The summed E-state index contributed by atoms with van der Waals surface area (Å²) >= 11 is 0. The van der Waals surface area contributed by atoms with Crippen molar-refractivity contribution in [2.75, 3.05) is 5.32 Å². The Kier molecular flexibility index (Phi) is 6.17. The third-order valence-electron chi connectivity index (χ3n) is 2.77. The summed E-state index contributed by atoms with van der Waals surface area (Å²) < 4.78 is 0. The number of hydrogen-bond acceptors (Lipinski definition) is 1. The van der Waals surface area contributed by atoms with E-state index in [-0.39, 0.29) is 0 Å². The van der Waals surface area contributed by atoms with Gasteiger partial charge >= 0.3 is 0 Å². The van der Waals surface area contributed by atoms with Crippen molar-refractivity contribution in [3.8, 4) is 0 Å². The molecule has 0 atom stereocenters. The van der Waals surface area contributed by atoms with Gasteiger partial charge in [-0.1, -0.05) is 63.1 Å². The van der Waals surface area contributed by atoms with E-state index < -0.39 is 0 Å². The molecule has 0 aliphatic rings. The Morgan fingerprint density at radius 2 is 2.00 bits per heavy atom. The molecule has 0 spiro atoms. The molecule has 98 valence electrons. The molecular formula is C18H21N. The number of benzene rings is 1. The van der Waals surface area contributed by atoms with E-state index in [2.05, 4.69) is 56.3 Å². The first-order valence-corrected chi connectivity index (χ1v) is 6.40. The van der Waals surface area contributed by atoms with Crippen LogP contribution in [0.25, 0.3) is 6.08 Å². The van der Waals surface area contributed by atoms with E-state index in [1.807, 2.05) is 12.2 Å². The van der Waals surface area contributed by atoms with Crippen LogP contribution in [-0.2, 0) is 6.42 Å². The minimum absolute atomic E-state index is 0.927. The fourth-order valence-corrected chi connectivity index (χ4v) is 1.83. The van der Waals surface area contributed by atoms with Crippen molar-refractivity contribution in [1.29, 1.82) is 0 Å². The lowest BCUT2D eigenvalue weighted by molar-refractivity contribution is 1.13. The van der Waals surface area contributed by atoms with Crippen LogP contribution in [0, 0.1) is 0 Å². The van der Waals surface area contributed by atoms with Crippen LogP contribution in [0.3, 0.4) is 0 Å². The molecule has 0 radical (unpaired) electrons. The van der Waals surface area contributed by atoms with E-state index in [4.69, 9.17) is 0 Å². The molecule has 1 heteroatoms. The van der Waals surface area contributed by atoms with Gasteiger partial charge < -0.3 is 5.32 Å². The van der Waals surface area contributed by atoms with E-state index in [0.717, 1.165) is 17.8 Å². The molecule has 0 amide bonds. The van der Waals surface area contributed by atoms with Crippen molar-refractivity contribution in [3.05, 3.63) is 85.1 Å². The van der Waals surface area contributed by atoms with Crippen LogP contribution >= 0.6 is 0 Å². The maximum atomic E-state index is 3.80. The quantitative estimate of drug-likeness (QED) is 0.663. The summed E-state index contributed by atoms with van der Waals surface area (Å²) in [6, 6.07) is 6.25. The SMILES string of the molecule is C=C/C=C\c1c(CC)cccc1N/C(C=C)=C/C=C. The van der Waals surface area contributed by atoms with Crippen molar-refractivity contribution in [2.45, 2.75) is 13.3 Å². The van der Waals surface area contributed by atoms with Gasteiger partial charge in [-0.05, 0) is 30.2 Å². The Morgan fingerprint density at radius 1 is 1.21 bits per heavy atom. The van der Waals surface area contributed by atoms with E-state index in [0.29, 0.717) is 0 Å². The second kappa shape index (κ2) is 7.93. The van der Waals surface area contributed by atoms with Gasteiger partial charge in [0.1, 0.15) is 0 Å². The summed E-state index contributed by atoms with van der Waals surface area (Å²) in [5, 5.41) is 3.37. The van der Waals surface area contributed by atoms with Crippen LogP contribution in [0.5, 0.6) is 0 Å². The van der Waals surface area contributed by atoms with Gasteiger partial charge in [0.25, 0.3) is 0 Å². The predicted molar refractivity (Wildman–Crippen MR) is 87.2 cm³/mol. The van der Waals surface area contributed by atoms with Gasteiger partial charge in [0.05, 0.1) is 0 Å². The number of nitrogens with one attached hydrogen (secondary N) is 1. The number of anilines is 1. The standard InChI is InChI=1S/C18H21N/c1-5-9-13-17-15(7-3)12-10-14-18(17)19-16(8-4)11-6-2/h5-6,8-14,19H,1-2,4,7H2,3H3/b13-9-,16-11+. The molecule has 1 aromatic rings. The molecule has 0 aromatic heterocycles. The van der Waals surface area contributed by atoms with Gasteiger partial charge in [-0.15, -0.1) is 0 Å². The second-order valence-corrected chi connectivity index (χ2v) is 4.01. The number of allylic oxidation sites excluding steroid dienone is 5. The highest BCUT2D eigenvalue weighted by molar-refractivity contribution is 5.72. The van der Waals surface area contributed by atoms with Gasteiger partial charge in [0.2, 0.25) is 0 Å². The first-order chi connectivity index (χ1) is 9.26. The molecule has 0 saturated carbocycles. The first-order valence-electron chi connectivity index (χ1n) is 6.40. The summed E-state index contributed by atoms with van der Waals surface area (Å²) in [7, 11) is 0. The molecule has 0 saturated heterocycles. The minimum Gasteiger partial charge on any atom is -0.355 e. The van der Waals surface area contributed by atoms with E-state index in [9.17, 15) is 0 Å². The predicted octanol–water partition coefficient (Wildman–Crippen LogP) is 5.12. The third kappa shape index (κ3) is 4.14. The molecule has 1 N–H and O–H groups in total. The topological polar surface area (TPSA) is 12.0 Å². The van der Waals surface area contributed by atoms with E-state index >= 15 is 0 Å². The lowest BCUT2D eigenvalue weighted by Crippen LogP contribution is -2.00. The summed E-state index contributed by atoms with van der Waals surface area (Å²) in [5.74, 6) is 0. The Balaban J connectivity index is 3.22. The smallest absolute Gasteiger partial charge is 0.0460 e. The maximum absolute atomic E-state index is 3.80. The zero-order valence-corrected chi connectivity index (χ0v) is 11.5. The summed E-state index contributed by atoms with van der Waals surface area (Å²) in [6.45, 7) is 13.4. The van der Waals surface area contributed by atoms with Crippen molar-refractivity contribution in [1.82, 2.24) is 0 Å². The minimum atomic E-state index is 0.927. The number of hydrogen-bond donors (Lipinski definition) is 1. The average molecular weight is 251 g/mol. The molecule has 0 bridgehead atoms. The largest absolute Gasteiger partial charge is 0.355 e. The van der Waals surface area contributed by atoms with Gasteiger partial charge in [0, 0.05) is 16.9 Å². The number of rotatable bonds is 7. The van der Waals surface area contributed by atoms with Crippen LogP contribution in [-0.4, -0.2) is 0 Å². The van der Waals surface area contributed by atoms with E-state index in [1.165, 1.54) is 11.1 Å². The molecule has 1 rings (SSSR count). The fraction of sp³-hybridized carbons (Fsp3) is 0.111. The second-order valence-electron chi connectivity index (χ2n) is 4.01. The van der Waals surface area contributed by atoms with Crippen molar-refractivity contribution in [3.63, 3.8) is 0 Å². The lowest BCUT2D eigenvalue weighted by Gasteiger charge is -2.13. The molecule has 1 aromatic carbocycles. The van der Waals surface area contributed by atoms with Crippen LogP contribution < -0.4 is 5.32 Å². The zero-order valence-electron chi connectivity index (χ0n) is 11.5. The van der Waals surface area contributed by atoms with Crippen LogP contribution in [0.2, 0.25) is 0 Å². The molecule has 0 aliphatic heterocycles. The highest BCUT2D eigenvalue weighted by Crippen LogP contribution is 2.24. The van der Waals surface area contributed by atoms with Crippen molar-refractivity contribution >= 4 is 11.8 Å². The highest BCUT2D eigenvalue weighted by Gasteiger charge is 2.04. The molecule has 1 nitrogen and oxygen atoms in total. The Labute approximate surface area is 116 Å². The van der Waals surface area contributed by atoms with Gasteiger partial charge in [-0.2, -0.15) is 0 Å². The van der Waals surface area contributed by atoms with E-state index in [1.54, 1.807) is 18.2 Å². The van der Waals surface area contributed by atoms with Gasteiger partial charge in [-0.25, -0.2) is 0 Å². The normalized spacial score (nSPS) is 11.3. The summed E-state index contributed by atoms with van der Waals surface area (Å²) in [4.78, 5) is 0. The van der Waals surface area contributed by atoms with Crippen molar-refractivity contribution < 1.29 is 0 Å². The van der Waals surface area contributed by atoms with Crippen LogP contribution in [0.15, 0.2) is 74.0 Å². The monoisotopic (exact) mass is 251 g/mol. The van der Waals surface area contributed by atoms with Crippen LogP contribution in [0.1, 0.15) is 18.1 Å². The Morgan fingerprint density at radius 3 is 2.58 bits per heavy atom. The molecule has 0 heterocycles. The highest BCUT2D eigenvalue weighted by atomic mass is 14.9.